The van der Waals surface area contributed by atoms with Gasteiger partial charge in [0.2, 0.25) is 0 Å². The van der Waals surface area contributed by atoms with Gasteiger partial charge in [-0.2, -0.15) is 5.26 Å². The molecule has 1 heterocycles. The van der Waals surface area contributed by atoms with Gasteiger partial charge >= 0.3 is 0 Å². The van der Waals surface area contributed by atoms with Crippen LogP contribution in [0.2, 0.25) is 0 Å². The van der Waals surface area contributed by atoms with Crippen molar-refractivity contribution in [1.82, 2.24) is 4.57 Å². The van der Waals surface area contributed by atoms with E-state index in [-0.39, 0.29) is 0 Å². The Kier molecular flexibility index (Phi) is 6.58. The van der Waals surface area contributed by atoms with Gasteiger partial charge in [0.1, 0.15) is 6.07 Å². The molecule has 0 atom stereocenters. The van der Waals surface area contributed by atoms with Crippen molar-refractivity contribution in [2.45, 2.75) is 0 Å². The molecule has 226 valence electrons. The number of nitriles is 1. The van der Waals surface area contributed by atoms with E-state index in [2.05, 4.69) is 161 Å². The molecule has 3 heteroatoms. The third-order valence-electron chi connectivity index (χ3n) is 9.64. The van der Waals surface area contributed by atoms with Crippen LogP contribution in [0.4, 0.5) is 5.69 Å². The van der Waals surface area contributed by atoms with Crippen LogP contribution in [0.5, 0.6) is 0 Å². The summed E-state index contributed by atoms with van der Waals surface area (Å²) in [5.41, 5.74) is 10.1. The van der Waals surface area contributed by atoms with Gasteiger partial charge in [0.25, 0.3) is 0 Å². The maximum Gasteiger partial charge on any atom is 0.188 e. The predicted molar refractivity (Wildman–Crippen MR) is 203 cm³/mol. The Morgan fingerprint density at radius 3 is 1.47 bits per heavy atom. The smallest absolute Gasteiger partial charge is 0.188 e. The second kappa shape index (κ2) is 11.4. The monoisotopic (exact) mass is 621 g/mol. The summed E-state index contributed by atoms with van der Waals surface area (Å²) in [5, 5.41) is 17.6. The van der Waals surface area contributed by atoms with Crippen molar-refractivity contribution >= 4 is 49.0 Å². The highest BCUT2D eigenvalue weighted by atomic mass is 15.0. The van der Waals surface area contributed by atoms with Crippen molar-refractivity contribution in [3.63, 3.8) is 0 Å². The summed E-state index contributed by atoms with van der Waals surface area (Å²) in [4.78, 5) is 3.91. The summed E-state index contributed by atoms with van der Waals surface area (Å²) in [7, 11) is 0. The normalized spacial score (nSPS) is 11.2. The van der Waals surface area contributed by atoms with Crippen LogP contribution in [0.25, 0.3) is 87.3 Å². The van der Waals surface area contributed by atoms with Crippen LogP contribution in [0.3, 0.4) is 0 Å². The minimum absolute atomic E-state index is 0.496. The topological polar surface area (TPSA) is 33.1 Å². The van der Waals surface area contributed by atoms with Crippen LogP contribution in [0, 0.1) is 17.9 Å². The summed E-state index contributed by atoms with van der Waals surface area (Å²) < 4.78 is 2.28. The van der Waals surface area contributed by atoms with Crippen LogP contribution in [0.15, 0.2) is 164 Å². The molecule has 0 fully saturated rings. The van der Waals surface area contributed by atoms with Gasteiger partial charge in [-0.05, 0) is 91.3 Å². The fourth-order valence-electron chi connectivity index (χ4n) is 7.56. The number of aromatic nitrogens is 1. The lowest BCUT2D eigenvalue weighted by Crippen LogP contribution is -1.96. The van der Waals surface area contributed by atoms with E-state index >= 15 is 0 Å². The molecular formula is C46H27N3. The van der Waals surface area contributed by atoms with Crippen molar-refractivity contribution in [3.05, 3.63) is 181 Å². The van der Waals surface area contributed by atoms with Crippen LogP contribution in [-0.2, 0) is 0 Å². The van der Waals surface area contributed by atoms with Crippen molar-refractivity contribution in [1.29, 1.82) is 5.26 Å². The number of hydrogen-bond donors (Lipinski definition) is 0. The number of para-hydroxylation sites is 2. The van der Waals surface area contributed by atoms with Gasteiger partial charge in [0.15, 0.2) is 5.69 Å². The van der Waals surface area contributed by atoms with Gasteiger partial charge in [-0.25, -0.2) is 4.85 Å². The Labute approximate surface area is 284 Å². The second-order valence-corrected chi connectivity index (χ2v) is 12.3. The summed E-state index contributed by atoms with van der Waals surface area (Å²) >= 11 is 0. The molecule has 49 heavy (non-hydrogen) atoms. The van der Waals surface area contributed by atoms with Crippen molar-refractivity contribution in [3.8, 4) is 45.1 Å². The number of nitrogens with zero attached hydrogens (tertiary/aromatic N) is 3. The van der Waals surface area contributed by atoms with Crippen molar-refractivity contribution < 1.29 is 0 Å². The highest BCUT2D eigenvalue weighted by Gasteiger charge is 2.21. The number of benzene rings is 8. The molecule has 9 aromatic rings. The molecular weight excluding hydrogens is 595 g/mol. The lowest BCUT2D eigenvalue weighted by atomic mass is 9.83. The predicted octanol–water partition coefficient (Wildman–Crippen LogP) is 12.5. The third-order valence-corrected chi connectivity index (χ3v) is 9.64. The van der Waals surface area contributed by atoms with Crippen molar-refractivity contribution in [2.75, 3.05) is 0 Å². The third kappa shape index (κ3) is 4.42. The van der Waals surface area contributed by atoms with Gasteiger partial charge in [-0.15, -0.1) is 0 Å². The minimum Gasteiger partial charge on any atom is -0.309 e. The second-order valence-electron chi connectivity index (χ2n) is 12.3. The Morgan fingerprint density at radius 1 is 0.469 bits per heavy atom. The molecule has 8 aromatic carbocycles. The molecule has 0 N–H and O–H groups in total. The van der Waals surface area contributed by atoms with E-state index < -0.39 is 0 Å². The average Bonchev–Trinajstić information content (AvgIpc) is 3.51. The number of rotatable bonds is 4. The fourth-order valence-corrected chi connectivity index (χ4v) is 7.56. The molecule has 0 saturated carbocycles. The van der Waals surface area contributed by atoms with Gasteiger partial charge in [0, 0.05) is 16.5 Å². The zero-order valence-electron chi connectivity index (χ0n) is 26.4. The number of hydrogen-bond acceptors (Lipinski definition) is 1. The van der Waals surface area contributed by atoms with E-state index in [0.717, 1.165) is 71.6 Å². The molecule has 0 spiro atoms. The first-order valence-electron chi connectivity index (χ1n) is 16.3. The maximum absolute atomic E-state index is 10.9. The summed E-state index contributed by atoms with van der Waals surface area (Å²) in [6.07, 6.45) is 0. The highest BCUT2D eigenvalue weighted by Crippen LogP contribution is 2.47. The molecule has 0 aliphatic rings. The first-order chi connectivity index (χ1) is 24.2. The molecule has 3 nitrogen and oxygen atoms in total. The SMILES string of the molecule is [C-]#[N+]c1cc(-c2ccc(-n3c4ccccc4c4ccccc43)cc2)c(C#N)c(-c2c3ccccc3c(-c3ccccc3)c3ccccc23)c1. The zero-order chi connectivity index (χ0) is 32.9. The molecule has 0 aliphatic heterocycles. The highest BCUT2D eigenvalue weighted by molar-refractivity contribution is 6.22. The Hall–Kier alpha value is -6.94. The van der Waals surface area contributed by atoms with Gasteiger partial charge < -0.3 is 4.57 Å². The quantitative estimate of drug-likeness (QED) is 0.142. The average molecular weight is 622 g/mol. The molecule has 1 aromatic heterocycles. The van der Waals surface area contributed by atoms with E-state index in [9.17, 15) is 5.26 Å². The van der Waals surface area contributed by atoms with E-state index in [1.807, 2.05) is 18.2 Å². The van der Waals surface area contributed by atoms with Crippen LogP contribution in [0.1, 0.15) is 5.56 Å². The summed E-state index contributed by atoms with van der Waals surface area (Å²) in [6.45, 7) is 8.08. The molecule has 0 unspecified atom stereocenters. The minimum atomic E-state index is 0.496. The van der Waals surface area contributed by atoms with Crippen LogP contribution >= 0.6 is 0 Å². The summed E-state index contributed by atoms with van der Waals surface area (Å²) in [5.74, 6) is 0. The van der Waals surface area contributed by atoms with Gasteiger partial charge in [-0.1, -0.05) is 127 Å². The van der Waals surface area contributed by atoms with E-state index in [0.29, 0.717) is 11.3 Å². The molecule has 9 rings (SSSR count). The lowest BCUT2D eigenvalue weighted by molar-refractivity contribution is 1.18. The number of fused-ring (bicyclic) bond motifs is 5. The molecule has 0 saturated heterocycles. The zero-order valence-corrected chi connectivity index (χ0v) is 26.4. The molecule has 0 amide bonds. The van der Waals surface area contributed by atoms with Gasteiger partial charge in [0.05, 0.1) is 23.2 Å². The van der Waals surface area contributed by atoms with E-state index in [1.165, 1.54) is 10.8 Å². The summed E-state index contributed by atoms with van der Waals surface area (Å²) in [6, 6.07) is 58.9. The molecule has 0 bridgehead atoms. The largest absolute Gasteiger partial charge is 0.309 e. The first kappa shape index (κ1) is 28.3. The lowest BCUT2D eigenvalue weighted by Gasteiger charge is -2.20. The Morgan fingerprint density at radius 2 is 0.939 bits per heavy atom. The molecule has 0 radical (unpaired) electrons. The Bertz CT molecular complexity index is 2720. The van der Waals surface area contributed by atoms with Crippen LogP contribution in [-0.4, -0.2) is 4.57 Å². The Balaban J connectivity index is 1.28. The van der Waals surface area contributed by atoms with Crippen molar-refractivity contribution in [2.24, 2.45) is 0 Å². The first-order valence-corrected chi connectivity index (χ1v) is 16.3. The van der Waals surface area contributed by atoms with E-state index in [4.69, 9.17) is 6.57 Å². The maximum atomic E-state index is 10.9. The van der Waals surface area contributed by atoms with Gasteiger partial charge in [-0.3, -0.25) is 0 Å². The van der Waals surface area contributed by atoms with E-state index in [1.54, 1.807) is 0 Å². The standard InChI is InChI=1S/C46H27N3/c1-48-32-27-40(30-23-25-33(26-24-30)49-43-21-11-9-15-34(43)35-16-10-12-22-44(35)49)42(29-47)41(28-32)46-38-19-7-5-17-36(38)45(31-13-3-2-4-14-31)37-18-6-8-20-39(37)46/h2-28H. The fraction of sp³-hybridized carbons (Fsp3) is 0. The molecule has 0 aliphatic carbocycles. The van der Waals surface area contributed by atoms with Crippen LogP contribution < -0.4 is 0 Å².